The lowest BCUT2D eigenvalue weighted by Gasteiger charge is -2.50. The van der Waals surface area contributed by atoms with Crippen LogP contribution in [0.1, 0.15) is 30.4 Å². The third kappa shape index (κ3) is 2.32. The highest BCUT2D eigenvalue weighted by atomic mass is 16.4. The summed E-state index contributed by atoms with van der Waals surface area (Å²) in [5.41, 5.74) is 12.5. The molecule has 1 fully saturated rings. The van der Waals surface area contributed by atoms with Gasteiger partial charge in [-0.3, -0.25) is 14.4 Å². The van der Waals surface area contributed by atoms with E-state index >= 15 is 0 Å². The molecule has 164 valence electrons. The number of carbonyl (C=O) groups is 3. The van der Waals surface area contributed by atoms with Gasteiger partial charge in [-0.05, 0) is 17.5 Å². The van der Waals surface area contributed by atoms with Crippen molar-refractivity contribution < 1.29 is 39.9 Å². The molecular weight excluding hydrogens is 410 g/mol. The second kappa shape index (κ2) is 6.22. The number of aliphatic hydroxyl groups excluding tert-OH is 3. The van der Waals surface area contributed by atoms with Crippen LogP contribution in [0.15, 0.2) is 23.0 Å². The first-order chi connectivity index (χ1) is 14.3. The van der Waals surface area contributed by atoms with Crippen molar-refractivity contribution in [3.63, 3.8) is 0 Å². The smallest absolute Gasteiger partial charge is 0.255 e. The molecule has 4 rings (SSSR count). The lowest BCUT2D eigenvalue weighted by Crippen LogP contribution is -2.63. The van der Waals surface area contributed by atoms with Gasteiger partial charge >= 0.3 is 0 Å². The number of nitrogen functional groups attached to an aromatic ring is 2. The van der Waals surface area contributed by atoms with Crippen molar-refractivity contribution in [3.8, 4) is 5.75 Å². The molecule has 1 aromatic rings. The summed E-state index contributed by atoms with van der Waals surface area (Å²) in [6, 6.07) is 1.27. The number of phenolic OH excluding ortho intramolecular Hbond substituents is 1. The lowest BCUT2D eigenvalue weighted by atomic mass is 9.55. The van der Waals surface area contributed by atoms with E-state index in [1.54, 1.807) is 6.92 Å². The maximum Gasteiger partial charge on any atom is 0.255 e. The fourth-order valence-electron chi connectivity index (χ4n) is 5.21. The van der Waals surface area contributed by atoms with Crippen molar-refractivity contribution >= 4 is 34.6 Å². The van der Waals surface area contributed by atoms with Crippen LogP contribution >= 0.6 is 0 Å². The number of phenols is 1. The van der Waals surface area contributed by atoms with Crippen LogP contribution in [0, 0.1) is 11.8 Å². The molecule has 1 saturated carbocycles. The predicted molar refractivity (Wildman–Crippen MR) is 106 cm³/mol. The first-order valence-electron chi connectivity index (χ1n) is 9.41. The zero-order valence-corrected chi connectivity index (χ0v) is 16.3. The number of fused-ring (bicyclic) bond motifs is 3. The van der Waals surface area contributed by atoms with E-state index in [1.165, 1.54) is 6.07 Å². The first kappa shape index (κ1) is 20.7. The van der Waals surface area contributed by atoms with Crippen LogP contribution in [0.25, 0.3) is 5.76 Å². The lowest BCUT2D eigenvalue weighted by molar-refractivity contribution is -0.160. The Morgan fingerprint density at radius 2 is 1.77 bits per heavy atom. The van der Waals surface area contributed by atoms with Gasteiger partial charge in [0.1, 0.15) is 22.8 Å². The Kier molecular flexibility index (Phi) is 4.15. The van der Waals surface area contributed by atoms with Gasteiger partial charge in [-0.15, -0.1) is 0 Å². The number of ketones is 2. The summed E-state index contributed by atoms with van der Waals surface area (Å²) >= 11 is 0. The van der Waals surface area contributed by atoms with Gasteiger partial charge in [-0.25, -0.2) is 0 Å². The average Bonchev–Trinajstić information content (AvgIpc) is 2.67. The summed E-state index contributed by atoms with van der Waals surface area (Å²) in [4.78, 5) is 37.4. The minimum Gasteiger partial charge on any atom is -0.508 e. The van der Waals surface area contributed by atoms with E-state index in [1.807, 2.05) is 0 Å². The maximum absolute atomic E-state index is 13.4. The van der Waals surface area contributed by atoms with Gasteiger partial charge in [-0.1, -0.05) is 6.92 Å². The largest absolute Gasteiger partial charge is 0.508 e. The Morgan fingerprint density at radius 1 is 1.16 bits per heavy atom. The molecule has 0 saturated heterocycles. The molecule has 31 heavy (non-hydrogen) atoms. The van der Waals surface area contributed by atoms with Crippen LogP contribution in [0.4, 0.5) is 11.4 Å². The minimum absolute atomic E-state index is 0.0994. The minimum atomic E-state index is -2.88. The van der Waals surface area contributed by atoms with Crippen LogP contribution in [-0.2, 0) is 14.4 Å². The number of rotatable bonds is 1. The summed E-state index contributed by atoms with van der Waals surface area (Å²) in [7, 11) is 0. The van der Waals surface area contributed by atoms with Crippen molar-refractivity contribution in [1.82, 2.24) is 0 Å². The summed E-state index contributed by atoms with van der Waals surface area (Å²) in [6.07, 6.45) is -2.25. The third-order valence-electron chi connectivity index (χ3n) is 6.66. The van der Waals surface area contributed by atoms with E-state index in [-0.39, 0.29) is 22.5 Å². The van der Waals surface area contributed by atoms with E-state index in [2.05, 4.69) is 0 Å². The number of amides is 1. The van der Waals surface area contributed by atoms with E-state index in [0.29, 0.717) is 0 Å². The highest BCUT2D eigenvalue weighted by molar-refractivity contribution is 6.23. The standard InChI is InChI=1S/C20H21N3O8/c1-4-9-6(21)3-7(22)15(26)12(9)16(27)13-10(4)14(25)5-2-8(24)11(19(23)30)17(28)20(5,31)18(13)29/h3-5,10,14,25-28,31H,2,21-22H2,1H3,(H2,23,30)/t4-,5+,10+,14+,20+/m0/s1. The summed E-state index contributed by atoms with van der Waals surface area (Å²) in [5.74, 6) is -9.52. The molecular formula is C20H21N3O8. The van der Waals surface area contributed by atoms with Gasteiger partial charge in [0.15, 0.2) is 11.4 Å². The van der Waals surface area contributed by atoms with Crippen molar-refractivity contribution in [1.29, 1.82) is 0 Å². The van der Waals surface area contributed by atoms with E-state index < -0.39 is 81.8 Å². The monoisotopic (exact) mass is 431 g/mol. The Balaban J connectivity index is 2.05. The third-order valence-corrected chi connectivity index (χ3v) is 6.66. The van der Waals surface area contributed by atoms with Gasteiger partial charge in [-0.2, -0.15) is 0 Å². The molecule has 0 aliphatic heterocycles. The van der Waals surface area contributed by atoms with E-state index in [0.717, 1.165) is 0 Å². The molecule has 11 heteroatoms. The zero-order chi connectivity index (χ0) is 23.2. The summed E-state index contributed by atoms with van der Waals surface area (Å²) < 4.78 is 0. The molecule has 11 nitrogen and oxygen atoms in total. The SMILES string of the molecule is C[C@H]1c2c(N)cc(N)c(O)c2C(O)=C2C(=O)[C@]3(O)C(O)=C(C(N)=O)C(=O)C[C@@H]3[C@@H](O)[C@@H]21. The first-order valence-corrected chi connectivity index (χ1v) is 9.41. The molecule has 0 aromatic heterocycles. The summed E-state index contributed by atoms with van der Waals surface area (Å²) in [5, 5.41) is 54.1. The van der Waals surface area contributed by atoms with Gasteiger partial charge in [0.05, 0.1) is 17.4 Å². The number of primary amides is 1. The molecule has 0 bridgehead atoms. The van der Waals surface area contributed by atoms with Crippen LogP contribution < -0.4 is 17.2 Å². The average molecular weight is 431 g/mol. The highest BCUT2D eigenvalue weighted by Crippen LogP contribution is 2.57. The van der Waals surface area contributed by atoms with E-state index in [4.69, 9.17) is 17.2 Å². The molecule has 0 spiro atoms. The second-order valence-corrected chi connectivity index (χ2v) is 8.18. The maximum atomic E-state index is 13.4. The molecule has 3 aliphatic carbocycles. The molecule has 1 aromatic carbocycles. The normalized spacial score (nSPS) is 32.5. The molecule has 5 atom stereocenters. The number of aromatic hydroxyl groups is 1. The number of nitrogens with two attached hydrogens (primary N) is 3. The number of benzene rings is 1. The highest BCUT2D eigenvalue weighted by Gasteiger charge is 2.65. The van der Waals surface area contributed by atoms with Crippen molar-refractivity contribution in [2.75, 3.05) is 11.5 Å². The zero-order valence-electron chi connectivity index (χ0n) is 16.3. The fraction of sp³-hybridized carbons (Fsp3) is 0.350. The summed E-state index contributed by atoms with van der Waals surface area (Å²) in [6.45, 7) is 1.58. The number of anilines is 2. The number of hydrogen-bond acceptors (Lipinski definition) is 10. The number of hydrogen-bond donors (Lipinski definition) is 8. The Morgan fingerprint density at radius 3 is 2.35 bits per heavy atom. The fourth-order valence-corrected chi connectivity index (χ4v) is 5.21. The van der Waals surface area contributed by atoms with Gasteiger partial charge < -0.3 is 42.7 Å². The topological polar surface area (TPSA) is 230 Å². The van der Waals surface area contributed by atoms with Crippen LogP contribution in [0.2, 0.25) is 0 Å². The van der Waals surface area contributed by atoms with Crippen LogP contribution in [0.5, 0.6) is 5.75 Å². The quantitative estimate of drug-likeness (QED) is 0.118. The van der Waals surface area contributed by atoms with Crippen molar-refractivity contribution in [3.05, 3.63) is 34.1 Å². The van der Waals surface area contributed by atoms with E-state index in [9.17, 15) is 39.9 Å². The Bertz CT molecular complexity index is 1150. The number of Topliss-reactive ketones (excluding diaryl/α,β-unsaturated/α-hetero) is 2. The number of carbonyl (C=O) groups excluding carboxylic acids is 3. The number of aliphatic hydroxyl groups is 4. The van der Waals surface area contributed by atoms with Gasteiger partial charge in [0.25, 0.3) is 5.91 Å². The van der Waals surface area contributed by atoms with Crippen molar-refractivity contribution in [2.45, 2.75) is 31.0 Å². The molecule has 1 amide bonds. The molecule has 0 unspecified atom stereocenters. The van der Waals surface area contributed by atoms with Gasteiger partial charge in [0.2, 0.25) is 5.78 Å². The predicted octanol–water partition coefficient (Wildman–Crippen LogP) is -0.880. The Labute approximate surface area is 175 Å². The molecule has 3 aliphatic rings. The van der Waals surface area contributed by atoms with Crippen LogP contribution in [-0.4, -0.2) is 54.7 Å². The van der Waals surface area contributed by atoms with Crippen LogP contribution in [0.3, 0.4) is 0 Å². The molecule has 0 radical (unpaired) electrons. The van der Waals surface area contributed by atoms with Gasteiger partial charge in [0, 0.05) is 29.5 Å². The Hall–Kier alpha value is -3.57. The molecule has 0 heterocycles. The second-order valence-electron chi connectivity index (χ2n) is 8.18. The van der Waals surface area contributed by atoms with Crippen molar-refractivity contribution in [2.24, 2.45) is 17.6 Å². The molecule has 11 N–H and O–H groups in total.